The number of carbonyl (C=O) groups is 1. The van der Waals surface area contributed by atoms with Crippen LogP contribution < -0.4 is 11.1 Å². The Balaban J connectivity index is 2.46. The fourth-order valence-corrected chi connectivity index (χ4v) is 3.59. The van der Waals surface area contributed by atoms with Gasteiger partial charge >= 0.3 is 0 Å². The third kappa shape index (κ3) is 3.17. The molecule has 15 heavy (non-hydrogen) atoms. The van der Waals surface area contributed by atoms with E-state index in [0.717, 1.165) is 6.42 Å². The average molecular weight is 234 g/mol. The summed E-state index contributed by atoms with van der Waals surface area (Å²) in [4.78, 5) is 10.9. The Morgan fingerprint density at radius 1 is 1.60 bits per heavy atom. The molecule has 0 bridgehead atoms. The molecular weight excluding hydrogens is 216 g/mol. The molecule has 3 N–H and O–H groups in total. The van der Waals surface area contributed by atoms with Gasteiger partial charge in [0, 0.05) is 6.54 Å². The summed E-state index contributed by atoms with van der Waals surface area (Å²) in [6.45, 7) is 2.18. The fourth-order valence-electron chi connectivity index (χ4n) is 1.81. The van der Waals surface area contributed by atoms with Gasteiger partial charge in [0.05, 0.1) is 17.0 Å². The number of nitrogens with two attached hydrogens (primary N) is 1. The van der Waals surface area contributed by atoms with Crippen LogP contribution in [-0.2, 0) is 14.6 Å². The van der Waals surface area contributed by atoms with Crippen LogP contribution in [-0.4, -0.2) is 37.9 Å². The number of amides is 1. The van der Waals surface area contributed by atoms with Gasteiger partial charge in [-0.3, -0.25) is 4.79 Å². The highest BCUT2D eigenvalue weighted by atomic mass is 32.2. The molecule has 6 heteroatoms. The molecule has 0 aromatic rings. The molecule has 0 saturated carbocycles. The molecule has 0 aromatic carbocycles. The first-order valence-corrected chi connectivity index (χ1v) is 6.93. The van der Waals surface area contributed by atoms with Gasteiger partial charge in [0.1, 0.15) is 0 Å². The number of hydrogen-bond acceptors (Lipinski definition) is 4. The van der Waals surface area contributed by atoms with Crippen LogP contribution in [0.5, 0.6) is 0 Å². The summed E-state index contributed by atoms with van der Waals surface area (Å²) in [5.41, 5.74) is 5.15. The van der Waals surface area contributed by atoms with Crippen molar-refractivity contribution in [1.29, 1.82) is 0 Å². The van der Waals surface area contributed by atoms with Crippen LogP contribution in [0.4, 0.5) is 0 Å². The molecule has 1 aliphatic rings. The Morgan fingerprint density at radius 3 is 2.67 bits per heavy atom. The van der Waals surface area contributed by atoms with E-state index in [4.69, 9.17) is 5.73 Å². The maximum Gasteiger partial charge on any atom is 0.234 e. The fraction of sp³-hybridized carbons (Fsp3) is 0.889. The number of nitrogens with one attached hydrogen (secondary N) is 1. The van der Waals surface area contributed by atoms with Crippen LogP contribution in [0, 0.1) is 0 Å². The van der Waals surface area contributed by atoms with Gasteiger partial charge in [-0.25, -0.2) is 8.42 Å². The van der Waals surface area contributed by atoms with E-state index in [1.165, 1.54) is 0 Å². The quantitative estimate of drug-likeness (QED) is 0.666. The third-order valence-corrected chi connectivity index (χ3v) is 5.08. The lowest BCUT2D eigenvalue weighted by Crippen LogP contribution is -2.44. The minimum Gasteiger partial charge on any atom is -0.368 e. The van der Waals surface area contributed by atoms with Gasteiger partial charge in [0.25, 0.3) is 0 Å². The van der Waals surface area contributed by atoms with E-state index in [9.17, 15) is 13.2 Å². The highest BCUT2D eigenvalue weighted by Gasteiger charge is 2.31. The number of hydrogen-bond donors (Lipinski definition) is 2. The van der Waals surface area contributed by atoms with E-state index in [1.54, 1.807) is 0 Å². The van der Waals surface area contributed by atoms with Crippen molar-refractivity contribution in [3.63, 3.8) is 0 Å². The van der Waals surface area contributed by atoms with Gasteiger partial charge in [-0.15, -0.1) is 0 Å². The lowest BCUT2D eigenvalue weighted by molar-refractivity contribution is -0.120. The molecule has 5 nitrogen and oxygen atoms in total. The Bertz CT molecular complexity index is 326. The van der Waals surface area contributed by atoms with Crippen molar-refractivity contribution in [2.45, 2.75) is 37.5 Å². The van der Waals surface area contributed by atoms with Crippen molar-refractivity contribution in [1.82, 2.24) is 5.32 Å². The van der Waals surface area contributed by atoms with Gasteiger partial charge in [-0.05, 0) is 19.3 Å². The summed E-state index contributed by atoms with van der Waals surface area (Å²) in [5.74, 6) is -0.153. The highest BCUT2D eigenvalue weighted by Crippen LogP contribution is 2.19. The minimum absolute atomic E-state index is 0.271. The smallest absolute Gasteiger partial charge is 0.234 e. The zero-order chi connectivity index (χ0) is 11.5. The number of primary amides is 1. The molecule has 0 radical (unpaired) electrons. The zero-order valence-electron chi connectivity index (χ0n) is 8.90. The topological polar surface area (TPSA) is 89.3 Å². The van der Waals surface area contributed by atoms with Crippen LogP contribution in [0.15, 0.2) is 0 Å². The van der Waals surface area contributed by atoms with Crippen molar-refractivity contribution in [2.24, 2.45) is 5.73 Å². The van der Waals surface area contributed by atoms with E-state index in [-0.39, 0.29) is 11.0 Å². The SMILES string of the molecule is CCC(NCC1CCCS1(=O)=O)C(N)=O. The van der Waals surface area contributed by atoms with Gasteiger partial charge in [0.15, 0.2) is 9.84 Å². The molecule has 1 heterocycles. The van der Waals surface area contributed by atoms with E-state index in [0.29, 0.717) is 19.4 Å². The second kappa shape index (κ2) is 4.94. The van der Waals surface area contributed by atoms with Crippen molar-refractivity contribution < 1.29 is 13.2 Å². The molecule has 0 aliphatic carbocycles. The lowest BCUT2D eigenvalue weighted by Gasteiger charge is -2.16. The van der Waals surface area contributed by atoms with E-state index in [1.807, 2.05) is 6.92 Å². The second-order valence-corrected chi connectivity index (χ2v) is 6.30. The summed E-state index contributed by atoms with van der Waals surface area (Å²) in [5, 5.41) is 2.57. The molecule has 88 valence electrons. The lowest BCUT2D eigenvalue weighted by atomic mass is 10.2. The predicted octanol–water partition coefficient (Wildman–Crippen LogP) is -0.583. The zero-order valence-corrected chi connectivity index (χ0v) is 9.72. The second-order valence-electron chi connectivity index (χ2n) is 3.90. The van der Waals surface area contributed by atoms with E-state index < -0.39 is 21.8 Å². The summed E-state index contributed by atoms with van der Waals surface area (Å²) >= 11 is 0. The van der Waals surface area contributed by atoms with Crippen molar-refractivity contribution in [2.75, 3.05) is 12.3 Å². The number of rotatable bonds is 5. The third-order valence-electron chi connectivity index (χ3n) is 2.81. The molecule has 1 saturated heterocycles. The van der Waals surface area contributed by atoms with Gasteiger partial charge in [0.2, 0.25) is 5.91 Å². The minimum atomic E-state index is -2.93. The number of sulfone groups is 1. The van der Waals surface area contributed by atoms with Gasteiger partial charge in [-0.1, -0.05) is 6.92 Å². The molecule has 0 spiro atoms. The molecule has 1 rings (SSSR count). The Kier molecular flexibility index (Phi) is 4.10. The monoisotopic (exact) mass is 234 g/mol. The molecule has 2 unspecified atom stereocenters. The molecular formula is C9H18N2O3S. The van der Waals surface area contributed by atoms with Crippen LogP contribution >= 0.6 is 0 Å². The first-order chi connectivity index (χ1) is 6.97. The molecule has 0 aromatic heterocycles. The summed E-state index contributed by atoms with van der Waals surface area (Å²) in [7, 11) is -2.93. The maximum absolute atomic E-state index is 11.5. The molecule has 1 amide bonds. The van der Waals surface area contributed by atoms with Crippen molar-refractivity contribution in [3.8, 4) is 0 Å². The van der Waals surface area contributed by atoms with Crippen molar-refractivity contribution >= 4 is 15.7 Å². The van der Waals surface area contributed by atoms with Gasteiger partial charge in [-0.2, -0.15) is 0 Å². The van der Waals surface area contributed by atoms with Crippen LogP contribution in [0.25, 0.3) is 0 Å². The van der Waals surface area contributed by atoms with Crippen LogP contribution in [0.1, 0.15) is 26.2 Å². The van der Waals surface area contributed by atoms with Crippen molar-refractivity contribution in [3.05, 3.63) is 0 Å². The normalized spacial score (nSPS) is 26.3. The van der Waals surface area contributed by atoms with E-state index in [2.05, 4.69) is 5.32 Å². The Labute approximate surface area is 90.3 Å². The Morgan fingerprint density at radius 2 is 2.27 bits per heavy atom. The average Bonchev–Trinajstić information content (AvgIpc) is 2.46. The Hall–Kier alpha value is -0.620. The van der Waals surface area contributed by atoms with Crippen LogP contribution in [0.2, 0.25) is 0 Å². The molecule has 1 fully saturated rings. The van der Waals surface area contributed by atoms with E-state index >= 15 is 0 Å². The standard InChI is InChI=1S/C9H18N2O3S/c1-2-8(9(10)12)11-6-7-4-3-5-15(7,13)14/h7-8,11H,2-6H2,1H3,(H2,10,12). The maximum atomic E-state index is 11.5. The largest absolute Gasteiger partial charge is 0.368 e. The predicted molar refractivity (Wildman–Crippen MR) is 58.1 cm³/mol. The summed E-state index contributed by atoms with van der Waals surface area (Å²) in [6.07, 6.45) is 1.99. The first kappa shape index (κ1) is 12.4. The number of carbonyl (C=O) groups excluding carboxylic acids is 1. The van der Waals surface area contributed by atoms with Crippen LogP contribution in [0.3, 0.4) is 0 Å². The summed E-state index contributed by atoms with van der Waals surface area (Å²) in [6, 6.07) is -0.416. The first-order valence-electron chi connectivity index (χ1n) is 5.21. The molecule has 1 aliphatic heterocycles. The summed E-state index contributed by atoms with van der Waals surface area (Å²) < 4.78 is 23.0. The highest BCUT2D eigenvalue weighted by molar-refractivity contribution is 7.92. The molecule has 2 atom stereocenters. The van der Waals surface area contributed by atoms with Gasteiger partial charge < -0.3 is 11.1 Å².